The van der Waals surface area contributed by atoms with Gasteiger partial charge in [0.15, 0.2) is 6.29 Å². The Morgan fingerprint density at radius 2 is 2.21 bits per heavy atom. The van der Waals surface area contributed by atoms with Crippen molar-refractivity contribution in [3.05, 3.63) is 30.1 Å². The van der Waals surface area contributed by atoms with Crippen LogP contribution in [0.25, 0.3) is 11.4 Å². The Balaban J connectivity index is 2.04. The molecule has 1 aliphatic heterocycles. The van der Waals surface area contributed by atoms with E-state index in [9.17, 15) is 4.79 Å². The molecule has 6 heteroatoms. The van der Waals surface area contributed by atoms with Gasteiger partial charge in [0.2, 0.25) is 0 Å². The average molecular weight is 258 g/mol. The third-order valence-electron chi connectivity index (χ3n) is 3.17. The lowest BCUT2D eigenvalue weighted by Gasteiger charge is -2.29. The summed E-state index contributed by atoms with van der Waals surface area (Å²) in [6, 6.07) is 3.90. The van der Waals surface area contributed by atoms with E-state index in [2.05, 4.69) is 20.1 Å². The minimum atomic E-state index is 0.521. The first-order valence-electron chi connectivity index (χ1n) is 6.17. The number of pyridine rings is 1. The van der Waals surface area contributed by atoms with Gasteiger partial charge < -0.3 is 9.64 Å². The third-order valence-corrected chi connectivity index (χ3v) is 3.17. The first-order valence-corrected chi connectivity index (χ1v) is 6.17. The molecule has 0 bridgehead atoms. The van der Waals surface area contributed by atoms with E-state index in [1.807, 2.05) is 12.1 Å². The molecule has 0 unspecified atom stereocenters. The molecule has 19 heavy (non-hydrogen) atoms. The highest BCUT2D eigenvalue weighted by Crippen LogP contribution is 2.29. The molecule has 0 aromatic carbocycles. The summed E-state index contributed by atoms with van der Waals surface area (Å²) in [5.41, 5.74) is 2.94. The van der Waals surface area contributed by atoms with Crippen LogP contribution in [0.3, 0.4) is 0 Å². The highest BCUT2D eigenvalue weighted by molar-refractivity contribution is 5.87. The van der Waals surface area contributed by atoms with Crippen molar-refractivity contribution < 1.29 is 9.53 Å². The molecule has 6 nitrogen and oxygen atoms in total. The van der Waals surface area contributed by atoms with Gasteiger partial charge in [-0.3, -0.25) is 14.9 Å². The minimum Gasteiger partial charge on any atom is -0.378 e. The van der Waals surface area contributed by atoms with E-state index in [-0.39, 0.29) is 0 Å². The number of carbonyl (C=O) groups is 1. The van der Waals surface area contributed by atoms with Crippen molar-refractivity contribution in [3.63, 3.8) is 0 Å². The van der Waals surface area contributed by atoms with Crippen LogP contribution >= 0.6 is 0 Å². The summed E-state index contributed by atoms with van der Waals surface area (Å²) in [6.45, 7) is 3.06. The zero-order valence-corrected chi connectivity index (χ0v) is 10.4. The van der Waals surface area contributed by atoms with Gasteiger partial charge in [0.05, 0.1) is 36.4 Å². The topological polar surface area (TPSA) is 71.1 Å². The number of nitrogens with one attached hydrogen (secondary N) is 1. The van der Waals surface area contributed by atoms with Gasteiger partial charge in [0, 0.05) is 19.3 Å². The molecular weight excluding hydrogens is 244 g/mol. The molecule has 0 aliphatic carbocycles. The summed E-state index contributed by atoms with van der Waals surface area (Å²) in [7, 11) is 0. The van der Waals surface area contributed by atoms with E-state index in [1.54, 1.807) is 6.20 Å². The van der Waals surface area contributed by atoms with Crippen molar-refractivity contribution in [1.82, 2.24) is 15.2 Å². The molecular formula is C13H14N4O2. The van der Waals surface area contributed by atoms with Crippen molar-refractivity contribution in [2.24, 2.45) is 0 Å². The summed E-state index contributed by atoms with van der Waals surface area (Å²) < 4.78 is 5.36. The third kappa shape index (κ3) is 2.22. The summed E-state index contributed by atoms with van der Waals surface area (Å²) in [4.78, 5) is 17.6. The van der Waals surface area contributed by atoms with E-state index in [0.29, 0.717) is 24.5 Å². The van der Waals surface area contributed by atoms with Gasteiger partial charge in [-0.2, -0.15) is 5.10 Å². The van der Waals surface area contributed by atoms with Gasteiger partial charge in [-0.1, -0.05) is 0 Å². The van der Waals surface area contributed by atoms with Gasteiger partial charge in [-0.25, -0.2) is 0 Å². The van der Waals surface area contributed by atoms with Crippen LogP contribution in [-0.2, 0) is 4.74 Å². The second-order valence-corrected chi connectivity index (χ2v) is 4.29. The van der Waals surface area contributed by atoms with E-state index in [0.717, 1.165) is 30.8 Å². The van der Waals surface area contributed by atoms with E-state index in [4.69, 9.17) is 4.74 Å². The SMILES string of the molecule is O=Cc1cn[nH]c1-c1ncccc1N1CCOCC1. The lowest BCUT2D eigenvalue weighted by molar-refractivity contribution is 0.112. The number of carbonyl (C=O) groups excluding carboxylic acids is 1. The minimum absolute atomic E-state index is 0.521. The van der Waals surface area contributed by atoms with Crippen LogP contribution in [0, 0.1) is 0 Å². The van der Waals surface area contributed by atoms with E-state index < -0.39 is 0 Å². The molecule has 0 radical (unpaired) electrons. The smallest absolute Gasteiger partial charge is 0.153 e. The van der Waals surface area contributed by atoms with Gasteiger partial charge >= 0.3 is 0 Å². The normalized spacial score (nSPS) is 15.5. The summed E-state index contributed by atoms with van der Waals surface area (Å²) >= 11 is 0. The number of rotatable bonds is 3. The lowest BCUT2D eigenvalue weighted by Crippen LogP contribution is -2.36. The Hall–Kier alpha value is -2.21. The number of aromatic amines is 1. The molecule has 0 atom stereocenters. The van der Waals surface area contributed by atoms with Gasteiger partial charge in [0.1, 0.15) is 5.69 Å². The maximum absolute atomic E-state index is 11.0. The first-order chi connectivity index (χ1) is 9.40. The van der Waals surface area contributed by atoms with Crippen molar-refractivity contribution in [2.75, 3.05) is 31.2 Å². The molecule has 1 saturated heterocycles. The van der Waals surface area contributed by atoms with Gasteiger partial charge in [0.25, 0.3) is 0 Å². The van der Waals surface area contributed by atoms with Crippen LogP contribution in [-0.4, -0.2) is 47.8 Å². The van der Waals surface area contributed by atoms with E-state index in [1.165, 1.54) is 6.20 Å². The van der Waals surface area contributed by atoms with Crippen LogP contribution < -0.4 is 4.90 Å². The summed E-state index contributed by atoms with van der Waals surface area (Å²) in [5, 5.41) is 6.77. The van der Waals surface area contributed by atoms with Crippen LogP contribution in [0.2, 0.25) is 0 Å². The number of hydrogen-bond acceptors (Lipinski definition) is 5. The largest absolute Gasteiger partial charge is 0.378 e. The highest BCUT2D eigenvalue weighted by Gasteiger charge is 2.18. The Morgan fingerprint density at radius 1 is 1.37 bits per heavy atom. The van der Waals surface area contributed by atoms with Gasteiger partial charge in [-0.05, 0) is 12.1 Å². The number of hydrogen-bond donors (Lipinski definition) is 1. The maximum atomic E-state index is 11.0. The lowest BCUT2D eigenvalue weighted by atomic mass is 10.1. The molecule has 1 aliphatic rings. The Morgan fingerprint density at radius 3 is 3.00 bits per heavy atom. The molecule has 98 valence electrons. The predicted octanol–water partition coefficient (Wildman–Crippen LogP) is 1.12. The van der Waals surface area contributed by atoms with Crippen molar-refractivity contribution >= 4 is 12.0 Å². The van der Waals surface area contributed by atoms with Gasteiger partial charge in [-0.15, -0.1) is 0 Å². The fourth-order valence-electron chi connectivity index (χ4n) is 2.22. The second kappa shape index (κ2) is 5.19. The summed E-state index contributed by atoms with van der Waals surface area (Å²) in [6.07, 6.45) is 4.02. The molecule has 3 heterocycles. The van der Waals surface area contributed by atoms with Crippen LogP contribution in [0.5, 0.6) is 0 Å². The van der Waals surface area contributed by atoms with Crippen LogP contribution in [0.15, 0.2) is 24.5 Å². The number of nitrogens with zero attached hydrogens (tertiary/aromatic N) is 3. The number of aldehydes is 1. The second-order valence-electron chi connectivity index (χ2n) is 4.29. The fourth-order valence-corrected chi connectivity index (χ4v) is 2.22. The van der Waals surface area contributed by atoms with Crippen molar-refractivity contribution in [1.29, 1.82) is 0 Å². The van der Waals surface area contributed by atoms with E-state index >= 15 is 0 Å². The number of morpholine rings is 1. The quantitative estimate of drug-likeness (QED) is 0.835. The molecule has 3 rings (SSSR count). The molecule has 2 aromatic heterocycles. The maximum Gasteiger partial charge on any atom is 0.153 e. The highest BCUT2D eigenvalue weighted by atomic mass is 16.5. The fraction of sp³-hybridized carbons (Fsp3) is 0.308. The monoisotopic (exact) mass is 258 g/mol. The number of H-pyrrole nitrogens is 1. The van der Waals surface area contributed by atoms with Crippen LogP contribution in [0.4, 0.5) is 5.69 Å². The Kier molecular flexibility index (Phi) is 3.24. The zero-order chi connectivity index (χ0) is 13.1. The molecule has 0 saturated carbocycles. The first kappa shape index (κ1) is 11.9. The summed E-state index contributed by atoms with van der Waals surface area (Å²) in [5.74, 6) is 0. The van der Waals surface area contributed by atoms with Crippen molar-refractivity contribution in [3.8, 4) is 11.4 Å². The average Bonchev–Trinajstić information content (AvgIpc) is 2.96. The zero-order valence-electron chi connectivity index (χ0n) is 10.4. The predicted molar refractivity (Wildman–Crippen MR) is 70.2 cm³/mol. The van der Waals surface area contributed by atoms with Crippen molar-refractivity contribution in [2.45, 2.75) is 0 Å². The molecule has 0 spiro atoms. The molecule has 1 N–H and O–H groups in total. The Bertz CT molecular complexity index is 576. The molecule has 1 fully saturated rings. The Labute approximate surface area is 110 Å². The number of aromatic nitrogens is 3. The number of ether oxygens (including phenoxy) is 1. The standard InChI is InChI=1S/C13H14N4O2/c18-9-10-8-15-16-12(10)13-11(2-1-3-14-13)17-4-6-19-7-5-17/h1-3,8-9H,4-7H2,(H,15,16). The van der Waals surface area contributed by atoms with Crippen LogP contribution in [0.1, 0.15) is 10.4 Å². The molecule has 0 amide bonds. The number of anilines is 1. The molecule has 2 aromatic rings.